The molecule has 0 saturated carbocycles. The normalized spacial score (nSPS) is 13.8. The molecule has 1 aliphatic rings. The molecule has 0 spiro atoms. The van der Waals surface area contributed by atoms with Gasteiger partial charge in [-0.2, -0.15) is 0 Å². The number of rotatable bonds is 4. The molecule has 4 rings (SSSR count). The number of terminal acetylenes is 1. The maximum Gasteiger partial charge on any atom is 0.267 e. The van der Waals surface area contributed by atoms with Gasteiger partial charge in [-0.15, -0.1) is 17.8 Å². The highest BCUT2D eigenvalue weighted by Crippen LogP contribution is 2.34. The molecule has 0 unspecified atom stereocenters. The van der Waals surface area contributed by atoms with E-state index in [9.17, 15) is 4.79 Å². The van der Waals surface area contributed by atoms with E-state index in [1.165, 1.54) is 35.0 Å². The predicted molar refractivity (Wildman–Crippen MR) is 113 cm³/mol. The smallest absolute Gasteiger partial charge is 0.267 e. The monoisotopic (exact) mass is 396 g/mol. The first-order chi connectivity index (χ1) is 13.2. The molecule has 27 heavy (non-hydrogen) atoms. The van der Waals surface area contributed by atoms with Crippen LogP contribution in [0.25, 0.3) is 15.9 Å². The molecular formula is C21H20N2O2S2. The van der Waals surface area contributed by atoms with Gasteiger partial charge in [-0.25, -0.2) is 4.98 Å². The third kappa shape index (κ3) is 3.38. The van der Waals surface area contributed by atoms with Gasteiger partial charge >= 0.3 is 0 Å². The predicted octanol–water partition coefficient (Wildman–Crippen LogP) is 4.45. The number of nitrogens with zero attached hydrogens (tertiary/aromatic N) is 2. The number of thioether (sulfide) groups is 1. The lowest BCUT2D eigenvalue weighted by atomic mass is 10.1. The highest BCUT2D eigenvalue weighted by atomic mass is 32.2. The minimum Gasteiger partial charge on any atom is -0.497 e. The minimum absolute atomic E-state index is 0.00379. The van der Waals surface area contributed by atoms with Crippen molar-refractivity contribution in [2.24, 2.45) is 0 Å². The zero-order valence-electron chi connectivity index (χ0n) is 15.2. The molecule has 2 aromatic heterocycles. The van der Waals surface area contributed by atoms with Crippen LogP contribution in [0, 0.1) is 12.3 Å². The molecular weight excluding hydrogens is 376 g/mol. The first-order valence-electron chi connectivity index (χ1n) is 9.01. The third-order valence-electron chi connectivity index (χ3n) is 4.82. The summed E-state index contributed by atoms with van der Waals surface area (Å²) in [4.78, 5) is 20.6. The van der Waals surface area contributed by atoms with Crippen LogP contribution in [0.15, 0.2) is 34.2 Å². The van der Waals surface area contributed by atoms with E-state index in [4.69, 9.17) is 16.1 Å². The Morgan fingerprint density at radius 1 is 1.26 bits per heavy atom. The summed E-state index contributed by atoms with van der Waals surface area (Å²) in [6.45, 7) is 0. The van der Waals surface area contributed by atoms with Crippen molar-refractivity contribution in [3.05, 3.63) is 45.1 Å². The van der Waals surface area contributed by atoms with Gasteiger partial charge in [0.05, 0.1) is 23.9 Å². The van der Waals surface area contributed by atoms with Gasteiger partial charge in [0, 0.05) is 4.88 Å². The van der Waals surface area contributed by atoms with Gasteiger partial charge < -0.3 is 4.74 Å². The second kappa shape index (κ2) is 7.79. The van der Waals surface area contributed by atoms with E-state index in [1.807, 2.05) is 24.3 Å². The molecule has 138 valence electrons. The lowest BCUT2D eigenvalue weighted by molar-refractivity contribution is 0.414. The lowest BCUT2D eigenvalue weighted by Crippen LogP contribution is -2.22. The SMILES string of the molecule is C#CCSc1nc2sc3c(c2c(=O)n1-c1ccc(OC)cc1)CCCCC3. The number of aryl methyl sites for hydroxylation is 2. The van der Waals surface area contributed by atoms with Crippen molar-refractivity contribution < 1.29 is 4.74 Å². The van der Waals surface area contributed by atoms with E-state index < -0.39 is 0 Å². The fraction of sp³-hybridized carbons (Fsp3) is 0.333. The molecule has 0 aliphatic heterocycles. The molecule has 0 N–H and O–H groups in total. The van der Waals surface area contributed by atoms with Crippen LogP contribution in [0.3, 0.4) is 0 Å². The first-order valence-corrected chi connectivity index (χ1v) is 10.8. The number of fused-ring (bicyclic) bond motifs is 3. The summed E-state index contributed by atoms with van der Waals surface area (Å²) < 4.78 is 6.94. The maximum absolute atomic E-state index is 13.5. The number of hydrogen-bond acceptors (Lipinski definition) is 5. The Labute approximate surface area is 166 Å². The Morgan fingerprint density at radius 3 is 2.78 bits per heavy atom. The number of benzene rings is 1. The fourth-order valence-corrected chi connectivity index (χ4v) is 5.52. The molecule has 6 heteroatoms. The van der Waals surface area contributed by atoms with Crippen molar-refractivity contribution in [2.45, 2.75) is 37.3 Å². The van der Waals surface area contributed by atoms with Crippen molar-refractivity contribution in [2.75, 3.05) is 12.9 Å². The summed E-state index contributed by atoms with van der Waals surface area (Å²) in [5, 5.41) is 1.44. The quantitative estimate of drug-likeness (QED) is 0.283. The lowest BCUT2D eigenvalue weighted by Gasteiger charge is -2.12. The highest BCUT2D eigenvalue weighted by Gasteiger charge is 2.22. The van der Waals surface area contributed by atoms with Crippen LogP contribution in [0.5, 0.6) is 5.75 Å². The van der Waals surface area contributed by atoms with E-state index in [-0.39, 0.29) is 5.56 Å². The molecule has 0 radical (unpaired) electrons. The Balaban J connectivity index is 1.96. The zero-order valence-corrected chi connectivity index (χ0v) is 16.8. The van der Waals surface area contributed by atoms with Crippen LogP contribution in [0.2, 0.25) is 0 Å². The Morgan fingerprint density at radius 2 is 2.04 bits per heavy atom. The van der Waals surface area contributed by atoms with Crippen LogP contribution in [0.1, 0.15) is 29.7 Å². The zero-order chi connectivity index (χ0) is 18.8. The molecule has 1 aromatic carbocycles. The summed E-state index contributed by atoms with van der Waals surface area (Å²) in [5.41, 5.74) is 1.99. The van der Waals surface area contributed by atoms with E-state index in [0.29, 0.717) is 10.9 Å². The molecule has 0 atom stereocenters. The molecule has 0 amide bonds. The summed E-state index contributed by atoms with van der Waals surface area (Å²) in [6.07, 6.45) is 11.0. The van der Waals surface area contributed by atoms with Crippen molar-refractivity contribution in [3.8, 4) is 23.8 Å². The number of methoxy groups -OCH3 is 1. The van der Waals surface area contributed by atoms with E-state index in [1.54, 1.807) is 23.0 Å². The van der Waals surface area contributed by atoms with Crippen LogP contribution in [-0.4, -0.2) is 22.4 Å². The Kier molecular flexibility index (Phi) is 5.24. The third-order valence-corrected chi connectivity index (χ3v) is 6.85. The van der Waals surface area contributed by atoms with Crippen LogP contribution in [0.4, 0.5) is 0 Å². The summed E-state index contributed by atoms with van der Waals surface area (Å²) in [5.74, 6) is 3.85. The standard InChI is InChI=1S/C21H20N2O2S2/c1-3-13-26-21-22-19-18(16-7-5-4-6-8-17(16)27-19)20(24)23(21)14-9-11-15(25-2)12-10-14/h1,9-12H,4-8,13H2,2H3. The van der Waals surface area contributed by atoms with Gasteiger partial charge in [0.25, 0.3) is 5.56 Å². The summed E-state index contributed by atoms with van der Waals surface area (Å²) in [6, 6.07) is 7.49. The highest BCUT2D eigenvalue weighted by molar-refractivity contribution is 7.99. The van der Waals surface area contributed by atoms with Gasteiger partial charge in [0.1, 0.15) is 10.6 Å². The van der Waals surface area contributed by atoms with Gasteiger partial charge in [-0.3, -0.25) is 9.36 Å². The number of thiophene rings is 1. The molecule has 0 bridgehead atoms. The van der Waals surface area contributed by atoms with E-state index >= 15 is 0 Å². The van der Waals surface area contributed by atoms with E-state index in [0.717, 1.165) is 40.9 Å². The molecule has 4 nitrogen and oxygen atoms in total. The average Bonchev–Trinajstić information content (AvgIpc) is 2.88. The maximum atomic E-state index is 13.5. The molecule has 1 aliphatic carbocycles. The van der Waals surface area contributed by atoms with Crippen molar-refractivity contribution in [1.82, 2.24) is 9.55 Å². The van der Waals surface area contributed by atoms with Crippen LogP contribution in [-0.2, 0) is 12.8 Å². The minimum atomic E-state index is 0.00379. The topological polar surface area (TPSA) is 44.1 Å². The summed E-state index contributed by atoms with van der Waals surface area (Å²) >= 11 is 3.10. The van der Waals surface area contributed by atoms with Gasteiger partial charge in [0.2, 0.25) is 0 Å². The molecule has 3 aromatic rings. The molecule has 0 fully saturated rings. The van der Waals surface area contributed by atoms with E-state index in [2.05, 4.69) is 5.92 Å². The van der Waals surface area contributed by atoms with Crippen LogP contribution >= 0.6 is 23.1 Å². The van der Waals surface area contributed by atoms with Crippen LogP contribution < -0.4 is 10.3 Å². The Hall–Kier alpha value is -2.23. The van der Waals surface area contributed by atoms with Crippen molar-refractivity contribution in [1.29, 1.82) is 0 Å². The number of ether oxygens (including phenoxy) is 1. The van der Waals surface area contributed by atoms with Crippen molar-refractivity contribution >= 4 is 33.3 Å². The first kappa shape index (κ1) is 18.1. The fourth-order valence-electron chi connectivity index (χ4n) is 3.53. The number of aromatic nitrogens is 2. The Bertz CT molecular complexity index is 1070. The largest absolute Gasteiger partial charge is 0.497 e. The second-order valence-corrected chi connectivity index (χ2v) is 8.50. The molecule has 0 saturated heterocycles. The van der Waals surface area contributed by atoms with Gasteiger partial charge in [-0.05, 0) is 55.5 Å². The van der Waals surface area contributed by atoms with Crippen molar-refractivity contribution in [3.63, 3.8) is 0 Å². The molecule has 2 heterocycles. The summed E-state index contributed by atoms with van der Waals surface area (Å²) in [7, 11) is 1.63. The number of hydrogen-bond donors (Lipinski definition) is 0. The van der Waals surface area contributed by atoms with Gasteiger partial charge in [-0.1, -0.05) is 24.1 Å². The second-order valence-electron chi connectivity index (χ2n) is 6.47. The van der Waals surface area contributed by atoms with Gasteiger partial charge in [0.15, 0.2) is 5.16 Å². The average molecular weight is 397 g/mol.